The van der Waals surface area contributed by atoms with E-state index in [1.54, 1.807) is 4.52 Å². The van der Waals surface area contributed by atoms with Crippen molar-refractivity contribution in [2.45, 2.75) is 64.8 Å². The molecule has 2 fully saturated rings. The van der Waals surface area contributed by atoms with Gasteiger partial charge < -0.3 is 9.80 Å². The van der Waals surface area contributed by atoms with E-state index < -0.39 is 0 Å². The Balaban J connectivity index is 1.42. The Bertz CT molecular complexity index is 992. The molecular weight excluding hydrogens is 370 g/mol. The van der Waals surface area contributed by atoms with Gasteiger partial charge in [-0.15, -0.1) is 0 Å². The van der Waals surface area contributed by atoms with Crippen molar-refractivity contribution in [3.8, 4) is 0 Å². The fourth-order valence-electron chi connectivity index (χ4n) is 4.76. The highest BCUT2D eigenvalue weighted by Crippen LogP contribution is 2.22. The number of hydrogen-bond donors (Lipinski definition) is 1. The molecule has 8 nitrogen and oxygen atoms in total. The Morgan fingerprint density at radius 3 is 2.83 bits per heavy atom. The van der Waals surface area contributed by atoms with Crippen molar-refractivity contribution in [1.29, 1.82) is 0 Å². The van der Waals surface area contributed by atoms with E-state index in [0.717, 1.165) is 55.7 Å². The SMILES string of the molecule is Cc1nc2cc(=O)[nH]n2c(C)c1CCC(=O)N1CCCC(N2CCCCC2=O)C1. The van der Waals surface area contributed by atoms with Gasteiger partial charge in [0.15, 0.2) is 5.65 Å². The number of carbonyl (C=O) groups excluding carboxylic acids is 2. The van der Waals surface area contributed by atoms with Crippen LogP contribution in [-0.4, -0.2) is 61.9 Å². The van der Waals surface area contributed by atoms with Gasteiger partial charge >= 0.3 is 0 Å². The van der Waals surface area contributed by atoms with Crippen LogP contribution >= 0.6 is 0 Å². The number of amides is 2. The highest BCUT2D eigenvalue weighted by molar-refractivity contribution is 5.78. The van der Waals surface area contributed by atoms with Gasteiger partial charge in [0.1, 0.15) is 0 Å². The Labute approximate surface area is 169 Å². The van der Waals surface area contributed by atoms with Crippen LogP contribution in [-0.2, 0) is 16.0 Å². The zero-order valence-electron chi connectivity index (χ0n) is 17.2. The fraction of sp³-hybridized carbons (Fsp3) is 0.619. The molecule has 1 unspecified atom stereocenters. The molecule has 2 aromatic rings. The number of hydrogen-bond acceptors (Lipinski definition) is 4. The number of piperidine rings is 2. The number of fused-ring (bicyclic) bond motifs is 1. The van der Waals surface area contributed by atoms with Crippen molar-refractivity contribution in [2.75, 3.05) is 19.6 Å². The van der Waals surface area contributed by atoms with Crippen molar-refractivity contribution in [2.24, 2.45) is 0 Å². The summed E-state index contributed by atoms with van der Waals surface area (Å²) in [6.45, 7) is 6.09. The maximum Gasteiger partial charge on any atom is 0.266 e. The molecule has 0 aromatic carbocycles. The second-order valence-corrected chi connectivity index (χ2v) is 8.26. The zero-order chi connectivity index (χ0) is 20.5. The van der Waals surface area contributed by atoms with Gasteiger partial charge in [-0.05, 0) is 51.5 Å². The highest BCUT2D eigenvalue weighted by atomic mass is 16.2. The van der Waals surface area contributed by atoms with Gasteiger partial charge in [0, 0.05) is 56.0 Å². The van der Waals surface area contributed by atoms with Crippen LogP contribution in [0.15, 0.2) is 10.9 Å². The lowest BCUT2D eigenvalue weighted by atomic mass is 9.99. The third-order valence-electron chi connectivity index (χ3n) is 6.34. The van der Waals surface area contributed by atoms with Gasteiger partial charge in [-0.1, -0.05) is 0 Å². The lowest BCUT2D eigenvalue weighted by Gasteiger charge is -2.41. The number of carbonyl (C=O) groups is 2. The third-order valence-corrected chi connectivity index (χ3v) is 6.34. The Hall–Kier alpha value is -2.64. The van der Waals surface area contributed by atoms with Crippen LogP contribution in [0.2, 0.25) is 0 Å². The first-order chi connectivity index (χ1) is 13.9. The molecule has 0 radical (unpaired) electrons. The van der Waals surface area contributed by atoms with Crippen molar-refractivity contribution >= 4 is 17.5 Å². The van der Waals surface area contributed by atoms with Crippen molar-refractivity contribution in [3.05, 3.63) is 33.4 Å². The minimum Gasteiger partial charge on any atom is -0.341 e. The Morgan fingerprint density at radius 2 is 2.03 bits per heavy atom. The normalized spacial score (nSPS) is 20.5. The van der Waals surface area contributed by atoms with Crippen molar-refractivity contribution < 1.29 is 9.59 Å². The average molecular weight is 399 g/mol. The van der Waals surface area contributed by atoms with E-state index in [4.69, 9.17) is 0 Å². The fourth-order valence-corrected chi connectivity index (χ4v) is 4.76. The maximum absolute atomic E-state index is 12.9. The molecule has 4 heterocycles. The monoisotopic (exact) mass is 399 g/mol. The lowest BCUT2D eigenvalue weighted by Crippen LogP contribution is -2.53. The number of likely N-dealkylation sites (tertiary alicyclic amines) is 2. The summed E-state index contributed by atoms with van der Waals surface area (Å²) in [5, 5.41) is 2.76. The number of nitrogens with one attached hydrogen (secondary N) is 1. The molecule has 29 heavy (non-hydrogen) atoms. The molecular formula is C21H29N5O3. The quantitative estimate of drug-likeness (QED) is 0.845. The van der Waals surface area contributed by atoms with Crippen LogP contribution in [0.1, 0.15) is 55.5 Å². The molecule has 2 amide bonds. The van der Waals surface area contributed by atoms with E-state index in [-0.39, 0.29) is 23.4 Å². The summed E-state index contributed by atoms with van der Waals surface area (Å²) in [4.78, 5) is 45.2. The average Bonchev–Trinajstić information content (AvgIpc) is 3.08. The number of aromatic amines is 1. The molecule has 2 aromatic heterocycles. The van der Waals surface area contributed by atoms with Crippen molar-refractivity contribution in [1.82, 2.24) is 24.4 Å². The summed E-state index contributed by atoms with van der Waals surface area (Å²) >= 11 is 0. The maximum atomic E-state index is 12.9. The summed E-state index contributed by atoms with van der Waals surface area (Å²) in [5.41, 5.74) is 3.19. The van der Waals surface area contributed by atoms with Crippen LogP contribution in [0.4, 0.5) is 0 Å². The van der Waals surface area contributed by atoms with Gasteiger partial charge in [0.05, 0.1) is 0 Å². The summed E-state index contributed by atoms with van der Waals surface area (Å²) < 4.78 is 1.69. The van der Waals surface area contributed by atoms with Crippen LogP contribution in [0.25, 0.3) is 5.65 Å². The van der Waals surface area contributed by atoms with Crippen LogP contribution < -0.4 is 5.56 Å². The number of H-pyrrole nitrogens is 1. The summed E-state index contributed by atoms with van der Waals surface area (Å²) in [7, 11) is 0. The van der Waals surface area contributed by atoms with Gasteiger partial charge in [-0.3, -0.25) is 19.5 Å². The second kappa shape index (κ2) is 8.00. The molecule has 1 N–H and O–H groups in total. The minimum atomic E-state index is -0.181. The first-order valence-electron chi connectivity index (χ1n) is 10.6. The predicted octanol–water partition coefficient (Wildman–Crippen LogP) is 1.58. The topological polar surface area (TPSA) is 90.8 Å². The number of rotatable bonds is 4. The summed E-state index contributed by atoms with van der Waals surface area (Å²) in [5.74, 6) is 0.362. The van der Waals surface area contributed by atoms with Crippen molar-refractivity contribution in [3.63, 3.8) is 0 Å². The van der Waals surface area contributed by atoms with Crippen LogP contribution in [0.3, 0.4) is 0 Å². The zero-order valence-corrected chi connectivity index (χ0v) is 17.2. The first kappa shape index (κ1) is 19.7. The molecule has 156 valence electrons. The highest BCUT2D eigenvalue weighted by Gasteiger charge is 2.31. The number of aryl methyl sites for hydroxylation is 2. The number of nitrogens with zero attached hydrogens (tertiary/aromatic N) is 4. The molecule has 0 spiro atoms. The predicted molar refractivity (Wildman–Crippen MR) is 109 cm³/mol. The largest absolute Gasteiger partial charge is 0.341 e. The van der Waals surface area contributed by atoms with Gasteiger partial charge in [0.25, 0.3) is 5.56 Å². The van der Waals surface area contributed by atoms with E-state index in [0.29, 0.717) is 31.5 Å². The molecule has 2 aliphatic rings. The van der Waals surface area contributed by atoms with Crippen LogP contribution in [0.5, 0.6) is 0 Å². The summed E-state index contributed by atoms with van der Waals surface area (Å²) in [6.07, 6.45) is 5.59. The molecule has 2 saturated heterocycles. The second-order valence-electron chi connectivity index (χ2n) is 8.26. The lowest BCUT2D eigenvalue weighted by molar-refractivity contribution is -0.141. The molecule has 4 rings (SSSR count). The van der Waals surface area contributed by atoms with Gasteiger partial charge in [-0.25, -0.2) is 9.50 Å². The van der Waals surface area contributed by atoms with Gasteiger partial charge in [-0.2, -0.15) is 0 Å². The van der Waals surface area contributed by atoms with E-state index in [1.807, 2.05) is 23.6 Å². The molecule has 0 saturated carbocycles. The van der Waals surface area contributed by atoms with E-state index in [2.05, 4.69) is 10.1 Å². The van der Waals surface area contributed by atoms with E-state index >= 15 is 0 Å². The smallest absolute Gasteiger partial charge is 0.266 e. The molecule has 2 aliphatic heterocycles. The molecule has 0 aliphatic carbocycles. The minimum absolute atomic E-state index is 0.124. The van der Waals surface area contributed by atoms with Crippen LogP contribution in [0, 0.1) is 13.8 Å². The molecule has 1 atom stereocenters. The Morgan fingerprint density at radius 1 is 1.21 bits per heavy atom. The standard InChI is InChI=1S/C21H29N5O3/c1-14-17(15(2)26-18(22-14)12-19(27)23-26)8-9-20(28)24-10-5-6-16(13-24)25-11-4-3-7-21(25)29/h12,16H,3-11,13H2,1-2H3,(H,23,27). The first-order valence-corrected chi connectivity index (χ1v) is 10.6. The Kier molecular flexibility index (Phi) is 5.43. The molecule has 0 bridgehead atoms. The van der Waals surface area contributed by atoms with E-state index in [1.165, 1.54) is 6.07 Å². The van der Waals surface area contributed by atoms with E-state index in [9.17, 15) is 14.4 Å². The summed E-state index contributed by atoms with van der Waals surface area (Å²) in [6, 6.07) is 1.64. The third kappa shape index (κ3) is 3.93. The molecule has 8 heteroatoms. The number of aromatic nitrogens is 3. The van der Waals surface area contributed by atoms with Gasteiger partial charge in [0.2, 0.25) is 11.8 Å².